The largest absolute Gasteiger partial charge is 0.326 e. The van der Waals surface area contributed by atoms with Crippen molar-refractivity contribution in [1.29, 1.82) is 0 Å². The Kier molecular flexibility index (Phi) is 3.75. The third-order valence-corrected chi connectivity index (χ3v) is 6.39. The first-order valence-corrected chi connectivity index (χ1v) is 8.83. The van der Waals surface area contributed by atoms with E-state index in [1.54, 1.807) is 25.2 Å². The Labute approximate surface area is 125 Å². The zero-order valence-corrected chi connectivity index (χ0v) is 12.9. The van der Waals surface area contributed by atoms with Crippen molar-refractivity contribution in [3.05, 3.63) is 23.8 Å². The highest BCUT2D eigenvalue weighted by Crippen LogP contribution is 2.30. The van der Waals surface area contributed by atoms with Crippen molar-refractivity contribution in [3.63, 3.8) is 0 Å². The fourth-order valence-electron chi connectivity index (χ4n) is 3.15. The summed E-state index contributed by atoms with van der Waals surface area (Å²) in [4.78, 5) is 11.7. The summed E-state index contributed by atoms with van der Waals surface area (Å²) in [6.45, 7) is 0. The molecule has 0 spiro atoms. The van der Waals surface area contributed by atoms with E-state index < -0.39 is 10.0 Å². The van der Waals surface area contributed by atoms with Crippen molar-refractivity contribution in [2.24, 2.45) is 0 Å². The van der Waals surface area contributed by atoms with Crippen LogP contribution < -0.4 is 5.32 Å². The molecule has 1 saturated carbocycles. The summed E-state index contributed by atoms with van der Waals surface area (Å²) in [6.07, 6.45) is 5.08. The summed E-state index contributed by atoms with van der Waals surface area (Å²) in [5, 5.41) is 2.78. The molecule has 1 aromatic rings. The molecule has 0 aromatic heterocycles. The minimum absolute atomic E-state index is 0.0128. The van der Waals surface area contributed by atoms with Crippen LogP contribution in [-0.4, -0.2) is 31.7 Å². The summed E-state index contributed by atoms with van der Waals surface area (Å²) in [7, 11) is -1.78. The number of hydrogen-bond acceptors (Lipinski definition) is 3. The van der Waals surface area contributed by atoms with E-state index in [2.05, 4.69) is 5.32 Å². The number of amides is 1. The number of rotatable bonds is 3. The van der Waals surface area contributed by atoms with Gasteiger partial charge in [-0.1, -0.05) is 12.8 Å². The summed E-state index contributed by atoms with van der Waals surface area (Å²) < 4.78 is 26.9. The van der Waals surface area contributed by atoms with E-state index in [9.17, 15) is 13.2 Å². The standard InChI is InChI=1S/C15H20N2O3S/c1-17(12-4-2-3-5-12)21(19,20)13-7-8-14-11(10-13)6-9-15(18)16-14/h7-8,10,12H,2-6,9H2,1H3,(H,16,18). The lowest BCUT2D eigenvalue weighted by Crippen LogP contribution is -2.35. The Bertz CT molecular complexity index is 663. The molecule has 1 aromatic carbocycles. The van der Waals surface area contributed by atoms with Gasteiger partial charge in [0.05, 0.1) is 4.90 Å². The molecule has 0 radical (unpaired) electrons. The molecule has 3 rings (SSSR count). The molecule has 114 valence electrons. The van der Waals surface area contributed by atoms with Gasteiger partial charge in [0, 0.05) is 25.2 Å². The summed E-state index contributed by atoms with van der Waals surface area (Å²) >= 11 is 0. The molecule has 1 heterocycles. The van der Waals surface area contributed by atoms with E-state index in [-0.39, 0.29) is 11.9 Å². The van der Waals surface area contributed by atoms with Crippen molar-refractivity contribution in [2.45, 2.75) is 49.5 Å². The summed E-state index contributed by atoms with van der Waals surface area (Å²) in [6, 6.07) is 5.11. The number of nitrogens with zero attached hydrogens (tertiary/aromatic N) is 1. The highest BCUT2D eigenvalue weighted by atomic mass is 32.2. The molecular weight excluding hydrogens is 288 g/mol. The fourth-order valence-corrected chi connectivity index (χ4v) is 4.62. The monoisotopic (exact) mass is 308 g/mol. The zero-order valence-electron chi connectivity index (χ0n) is 12.1. The normalized spacial score (nSPS) is 19.6. The minimum Gasteiger partial charge on any atom is -0.326 e. The average molecular weight is 308 g/mol. The first-order chi connectivity index (χ1) is 9.98. The molecule has 1 aliphatic carbocycles. The van der Waals surface area contributed by atoms with Crippen LogP contribution in [-0.2, 0) is 21.2 Å². The lowest BCUT2D eigenvalue weighted by Gasteiger charge is -2.25. The molecule has 0 atom stereocenters. The molecule has 0 bridgehead atoms. The average Bonchev–Trinajstić information content (AvgIpc) is 2.99. The van der Waals surface area contributed by atoms with Gasteiger partial charge in [-0.25, -0.2) is 8.42 Å². The number of benzene rings is 1. The van der Waals surface area contributed by atoms with Crippen LogP contribution in [0, 0.1) is 0 Å². The molecule has 1 aliphatic heterocycles. The smallest absolute Gasteiger partial charge is 0.243 e. The first-order valence-electron chi connectivity index (χ1n) is 7.39. The van der Waals surface area contributed by atoms with Crippen LogP contribution in [0.25, 0.3) is 0 Å². The second kappa shape index (κ2) is 5.42. The maximum atomic E-state index is 12.7. The predicted octanol–water partition coefficient (Wildman–Crippen LogP) is 2.13. The van der Waals surface area contributed by atoms with Crippen molar-refractivity contribution in [2.75, 3.05) is 12.4 Å². The zero-order chi connectivity index (χ0) is 15.0. The van der Waals surface area contributed by atoms with Gasteiger partial charge in [-0.15, -0.1) is 0 Å². The summed E-state index contributed by atoms with van der Waals surface area (Å²) in [5.41, 5.74) is 1.63. The Morgan fingerprint density at radius 1 is 1.19 bits per heavy atom. The van der Waals surface area contributed by atoms with Crippen molar-refractivity contribution in [1.82, 2.24) is 4.31 Å². The molecule has 5 nitrogen and oxygen atoms in total. The minimum atomic E-state index is -3.45. The topological polar surface area (TPSA) is 66.5 Å². The van der Waals surface area contributed by atoms with E-state index in [4.69, 9.17) is 0 Å². The van der Waals surface area contributed by atoms with Gasteiger partial charge in [-0.3, -0.25) is 4.79 Å². The molecular formula is C15H20N2O3S. The van der Waals surface area contributed by atoms with Gasteiger partial charge >= 0.3 is 0 Å². The maximum absolute atomic E-state index is 12.7. The van der Waals surface area contributed by atoms with Gasteiger partial charge in [0.25, 0.3) is 0 Å². The van der Waals surface area contributed by atoms with Gasteiger partial charge in [0.1, 0.15) is 0 Å². The number of carbonyl (C=O) groups is 1. The van der Waals surface area contributed by atoms with E-state index in [1.165, 1.54) is 4.31 Å². The van der Waals surface area contributed by atoms with Crippen LogP contribution in [0.2, 0.25) is 0 Å². The number of aryl methyl sites for hydroxylation is 1. The van der Waals surface area contributed by atoms with Crippen LogP contribution >= 0.6 is 0 Å². The second-order valence-corrected chi connectivity index (χ2v) is 7.82. The second-order valence-electron chi connectivity index (χ2n) is 5.83. The lowest BCUT2D eigenvalue weighted by molar-refractivity contribution is -0.116. The van der Waals surface area contributed by atoms with E-state index in [0.717, 1.165) is 36.9 Å². The predicted molar refractivity (Wildman–Crippen MR) is 80.6 cm³/mol. The van der Waals surface area contributed by atoms with Crippen LogP contribution in [0.3, 0.4) is 0 Å². The Balaban J connectivity index is 1.90. The maximum Gasteiger partial charge on any atom is 0.243 e. The summed E-state index contributed by atoms with van der Waals surface area (Å²) in [5.74, 6) is -0.0128. The van der Waals surface area contributed by atoms with Crippen molar-refractivity contribution in [3.8, 4) is 0 Å². The molecule has 1 amide bonds. The van der Waals surface area contributed by atoms with Crippen LogP contribution in [0.15, 0.2) is 23.1 Å². The van der Waals surface area contributed by atoms with E-state index >= 15 is 0 Å². The molecule has 1 fully saturated rings. The molecule has 6 heteroatoms. The number of anilines is 1. The Morgan fingerprint density at radius 2 is 1.90 bits per heavy atom. The van der Waals surface area contributed by atoms with Crippen molar-refractivity contribution >= 4 is 21.6 Å². The lowest BCUT2D eigenvalue weighted by atomic mass is 10.0. The number of carbonyl (C=O) groups excluding carboxylic acids is 1. The quantitative estimate of drug-likeness (QED) is 0.930. The van der Waals surface area contributed by atoms with E-state index in [1.807, 2.05) is 0 Å². The molecule has 0 unspecified atom stereocenters. The third-order valence-electron chi connectivity index (χ3n) is 4.49. The Hall–Kier alpha value is -1.40. The van der Waals surface area contributed by atoms with Gasteiger partial charge in [-0.05, 0) is 43.0 Å². The van der Waals surface area contributed by atoms with Gasteiger partial charge in [0.15, 0.2) is 0 Å². The van der Waals surface area contributed by atoms with Crippen LogP contribution in [0.5, 0.6) is 0 Å². The number of sulfonamides is 1. The van der Waals surface area contributed by atoms with Crippen molar-refractivity contribution < 1.29 is 13.2 Å². The Morgan fingerprint density at radius 3 is 2.62 bits per heavy atom. The number of hydrogen-bond donors (Lipinski definition) is 1. The van der Waals surface area contributed by atoms with Gasteiger partial charge in [-0.2, -0.15) is 4.31 Å². The molecule has 21 heavy (non-hydrogen) atoms. The molecule has 0 saturated heterocycles. The van der Waals surface area contributed by atoms with Crippen LogP contribution in [0.4, 0.5) is 5.69 Å². The fraction of sp³-hybridized carbons (Fsp3) is 0.533. The number of nitrogens with one attached hydrogen (secondary N) is 1. The number of fused-ring (bicyclic) bond motifs is 1. The van der Waals surface area contributed by atoms with Gasteiger partial charge in [0.2, 0.25) is 15.9 Å². The molecule has 2 aliphatic rings. The first kappa shape index (κ1) is 14.5. The van der Waals surface area contributed by atoms with Crippen LogP contribution in [0.1, 0.15) is 37.7 Å². The van der Waals surface area contributed by atoms with Gasteiger partial charge < -0.3 is 5.32 Å². The van der Waals surface area contributed by atoms with E-state index in [0.29, 0.717) is 17.7 Å². The highest BCUT2D eigenvalue weighted by molar-refractivity contribution is 7.89. The third kappa shape index (κ3) is 2.70. The SMILES string of the molecule is CN(C1CCCC1)S(=O)(=O)c1ccc2c(c1)CCC(=O)N2. The highest BCUT2D eigenvalue weighted by Gasteiger charge is 2.30. The molecule has 1 N–H and O–H groups in total.